The Morgan fingerprint density at radius 2 is 1.88 bits per heavy atom. The van der Waals surface area contributed by atoms with E-state index < -0.39 is 0 Å². The molecule has 2 aromatic rings. The van der Waals surface area contributed by atoms with Crippen LogP contribution in [-0.2, 0) is 11.3 Å². The monoisotopic (exact) mass is 469 g/mol. The summed E-state index contributed by atoms with van der Waals surface area (Å²) in [7, 11) is 3.27. The first-order chi connectivity index (χ1) is 16.5. The van der Waals surface area contributed by atoms with Gasteiger partial charge in [0.1, 0.15) is 0 Å². The van der Waals surface area contributed by atoms with Crippen molar-refractivity contribution in [2.24, 2.45) is 5.92 Å². The predicted molar refractivity (Wildman–Crippen MR) is 135 cm³/mol. The van der Waals surface area contributed by atoms with E-state index in [4.69, 9.17) is 14.2 Å². The highest BCUT2D eigenvalue weighted by atomic mass is 16.5. The molecule has 34 heavy (non-hydrogen) atoms. The summed E-state index contributed by atoms with van der Waals surface area (Å²) in [4.78, 5) is 15.5. The standard InChI is InChI=1S/C27H39N3O4/c1-20(2)30(19-23-17-28-18-24(23)29-16-21-9-6-5-7-10-21)27(31)22-11-12-25(33-4)26(15-22)34-14-8-13-32-3/h5-7,9-12,15,20,23-24,28-29H,8,13-14,16-19H2,1-4H3. The fourth-order valence-electron chi connectivity index (χ4n) is 4.26. The Bertz CT molecular complexity index is 891. The number of rotatable bonds is 13. The van der Waals surface area contributed by atoms with Crippen LogP contribution in [0.2, 0.25) is 0 Å². The van der Waals surface area contributed by atoms with Gasteiger partial charge in [0.2, 0.25) is 0 Å². The van der Waals surface area contributed by atoms with Gasteiger partial charge in [-0.15, -0.1) is 0 Å². The second kappa shape index (κ2) is 13.3. The van der Waals surface area contributed by atoms with Gasteiger partial charge in [0, 0.05) is 69.9 Å². The zero-order valence-corrected chi connectivity index (χ0v) is 20.9. The van der Waals surface area contributed by atoms with E-state index in [0.29, 0.717) is 48.8 Å². The van der Waals surface area contributed by atoms with Crippen molar-refractivity contribution in [1.29, 1.82) is 0 Å². The van der Waals surface area contributed by atoms with Gasteiger partial charge in [-0.1, -0.05) is 30.3 Å². The van der Waals surface area contributed by atoms with Crippen molar-refractivity contribution in [2.45, 2.75) is 38.9 Å². The van der Waals surface area contributed by atoms with Crippen LogP contribution in [-0.4, -0.2) is 70.0 Å². The van der Waals surface area contributed by atoms with Gasteiger partial charge in [-0.05, 0) is 37.6 Å². The number of nitrogens with one attached hydrogen (secondary N) is 2. The van der Waals surface area contributed by atoms with Crippen LogP contribution >= 0.6 is 0 Å². The van der Waals surface area contributed by atoms with Crippen molar-refractivity contribution in [2.75, 3.05) is 47.1 Å². The first-order valence-electron chi connectivity index (χ1n) is 12.1. The average Bonchev–Trinajstić information content (AvgIpc) is 3.31. The maximum Gasteiger partial charge on any atom is 0.254 e. The van der Waals surface area contributed by atoms with E-state index in [1.54, 1.807) is 26.4 Å². The number of nitrogens with zero attached hydrogens (tertiary/aromatic N) is 1. The molecule has 1 heterocycles. The summed E-state index contributed by atoms with van der Waals surface area (Å²) in [6.07, 6.45) is 0.766. The Morgan fingerprint density at radius 3 is 2.59 bits per heavy atom. The van der Waals surface area contributed by atoms with Gasteiger partial charge in [-0.25, -0.2) is 0 Å². The molecule has 0 aliphatic carbocycles. The summed E-state index contributed by atoms with van der Waals surface area (Å²) in [6.45, 7) is 8.55. The minimum absolute atomic E-state index is 0.00750. The molecule has 0 bridgehead atoms. The Hall–Kier alpha value is -2.61. The highest BCUT2D eigenvalue weighted by Gasteiger charge is 2.31. The fraction of sp³-hybridized carbons (Fsp3) is 0.519. The lowest BCUT2D eigenvalue weighted by Gasteiger charge is -2.32. The third-order valence-electron chi connectivity index (χ3n) is 6.23. The molecule has 1 amide bonds. The molecule has 1 aliphatic heterocycles. The number of methoxy groups -OCH3 is 2. The molecule has 1 saturated heterocycles. The molecule has 0 saturated carbocycles. The van der Waals surface area contributed by atoms with Crippen LogP contribution in [0.4, 0.5) is 0 Å². The molecule has 0 spiro atoms. The summed E-state index contributed by atoms with van der Waals surface area (Å²) >= 11 is 0. The fourth-order valence-corrected chi connectivity index (χ4v) is 4.26. The molecule has 2 atom stereocenters. The molecule has 1 fully saturated rings. The van der Waals surface area contributed by atoms with Crippen LogP contribution in [0.3, 0.4) is 0 Å². The molecular formula is C27H39N3O4. The van der Waals surface area contributed by atoms with E-state index in [2.05, 4.69) is 48.7 Å². The highest BCUT2D eigenvalue weighted by molar-refractivity contribution is 5.95. The van der Waals surface area contributed by atoms with Gasteiger partial charge >= 0.3 is 0 Å². The highest BCUT2D eigenvalue weighted by Crippen LogP contribution is 2.29. The zero-order chi connectivity index (χ0) is 24.3. The molecule has 186 valence electrons. The Labute approximate surface area is 203 Å². The van der Waals surface area contributed by atoms with E-state index in [1.165, 1.54) is 5.56 Å². The zero-order valence-electron chi connectivity index (χ0n) is 20.9. The first-order valence-corrected chi connectivity index (χ1v) is 12.1. The van der Waals surface area contributed by atoms with Gasteiger partial charge in [-0.2, -0.15) is 0 Å². The van der Waals surface area contributed by atoms with Crippen molar-refractivity contribution in [1.82, 2.24) is 15.5 Å². The molecule has 2 aromatic carbocycles. The lowest BCUT2D eigenvalue weighted by molar-refractivity contribution is 0.0668. The Kier molecular flexibility index (Phi) is 10.2. The summed E-state index contributed by atoms with van der Waals surface area (Å²) in [5.74, 6) is 1.54. The topological polar surface area (TPSA) is 72.1 Å². The number of ether oxygens (including phenoxy) is 3. The summed E-state index contributed by atoms with van der Waals surface area (Å²) < 4.78 is 16.4. The lowest BCUT2D eigenvalue weighted by Crippen LogP contribution is -2.46. The van der Waals surface area contributed by atoms with E-state index in [1.807, 2.05) is 17.0 Å². The molecule has 7 nitrogen and oxygen atoms in total. The predicted octanol–water partition coefficient (Wildman–Crippen LogP) is 3.34. The first kappa shape index (κ1) is 26.0. The summed E-state index contributed by atoms with van der Waals surface area (Å²) in [5.41, 5.74) is 1.87. The molecular weight excluding hydrogens is 430 g/mol. The number of hydrogen-bond donors (Lipinski definition) is 2. The maximum absolute atomic E-state index is 13.6. The van der Waals surface area contributed by atoms with Gasteiger partial charge in [0.25, 0.3) is 5.91 Å². The number of amides is 1. The summed E-state index contributed by atoms with van der Waals surface area (Å²) in [6, 6.07) is 16.2. The molecule has 0 aromatic heterocycles. The quantitative estimate of drug-likeness (QED) is 0.439. The molecule has 2 N–H and O–H groups in total. The molecule has 3 rings (SSSR count). The molecule has 2 unspecified atom stereocenters. The largest absolute Gasteiger partial charge is 0.493 e. The number of carbonyl (C=O) groups excluding carboxylic acids is 1. The number of carbonyl (C=O) groups is 1. The second-order valence-corrected chi connectivity index (χ2v) is 9.00. The molecule has 1 aliphatic rings. The maximum atomic E-state index is 13.6. The van der Waals surface area contributed by atoms with Crippen molar-refractivity contribution < 1.29 is 19.0 Å². The van der Waals surface area contributed by atoms with Crippen LogP contribution in [0.5, 0.6) is 11.5 Å². The lowest BCUT2D eigenvalue weighted by atomic mass is 10.0. The average molecular weight is 470 g/mol. The molecule has 0 radical (unpaired) electrons. The SMILES string of the molecule is COCCCOc1cc(C(=O)N(CC2CNCC2NCc2ccccc2)C(C)C)ccc1OC. The van der Waals surface area contributed by atoms with Gasteiger partial charge in [0.15, 0.2) is 11.5 Å². The minimum Gasteiger partial charge on any atom is -0.493 e. The van der Waals surface area contributed by atoms with E-state index in [-0.39, 0.29) is 11.9 Å². The number of benzene rings is 2. The van der Waals surface area contributed by atoms with E-state index in [0.717, 1.165) is 26.1 Å². The van der Waals surface area contributed by atoms with Crippen molar-refractivity contribution in [3.63, 3.8) is 0 Å². The third-order valence-corrected chi connectivity index (χ3v) is 6.23. The van der Waals surface area contributed by atoms with E-state index in [9.17, 15) is 4.79 Å². The van der Waals surface area contributed by atoms with E-state index >= 15 is 0 Å². The van der Waals surface area contributed by atoms with Crippen LogP contribution in [0.1, 0.15) is 36.2 Å². The number of hydrogen-bond acceptors (Lipinski definition) is 6. The second-order valence-electron chi connectivity index (χ2n) is 9.00. The third kappa shape index (κ3) is 7.19. The normalized spacial score (nSPS) is 17.7. The van der Waals surface area contributed by atoms with Crippen LogP contribution in [0, 0.1) is 5.92 Å². The smallest absolute Gasteiger partial charge is 0.254 e. The van der Waals surface area contributed by atoms with Gasteiger partial charge in [0.05, 0.1) is 13.7 Å². The summed E-state index contributed by atoms with van der Waals surface area (Å²) in [5, 5.41) is 7.17. The minimum atomic E-state index is 0.00750. The van der Waals surface area contributed by atoms with Gasteiger partial charge < -0.3 is 29.7 Å². The molecule has 7 heteroatoms. The van der Waals surface area contributed by atoms with Crippen LogP contribution < -0.4 is 20.1 Å². The Morgan fingerprint density at radius 1 is 1.09 bits per heavy atom. The van der Waals surface area contributed by atoms with Crippen molar-refractivity contribution in [3.05, 3.63) is 59.7 Å². The van der Waals surface area contributed by atoms with Gasteiger partial charge in [-0.3, -0.25) is 4.79 Å². The Balaban J connectivity index is 1.67. The van der Waals surface area contributed by atoms with Crippen LogP contribution in [0.15, 0.2) is 48.5 Å². The van der Waals surface area contributed by atoms with Crippen molar-refractivity contribution >= 4 is 5.91 Å². The van der Waals surface area contributed by atoms with Crippen molar-refractivity contribution in [3.8, 4) is 11.5 Å². The van der Waals surface area contributed by atoms with Crippen LogP contribution in [0.25, 0.3) is 0 Å².